The number of anilines is 1. The lowest BCUT2D eigenvalue weighted by atomic mass is 10.0. The van der Waals surface area contributed by atoms with Gasteiger partial charge in [0, 0.05) is 28.9 Å². The highest BCUT2D eigenvalue weighted by molar-refractivity contribution is 7.92. The summed E-state index contributed by atoms with van der Waals surface area (Å²) in [4.78, 5) is 16.7. The van der Waals surface area contributed by atoms with Gasteiger partial charge >= 0.3 is 10.2 Å². The first-order valence-electron chi connectivity index (χ1n) is 14.0. The SMILES string of the molecule is CCCOc1cccc(-c2ccc(Cc3nc(-c4ccc(Cl)cc4Cl)cn3-c3ccc(N4CC(=O)NS4(=O)=O)cc3)cc2)c1. The maximum Gasteiger partial charge on any atom is 0.326 e. The van der Waals surface area contributed by atoms with Crippen LogP contribution < -0.4 is 13.8 Å². The number of carbonyl (C=O) groups is 1. The Balaban J connectivity index is 1.32. The molecule has 0 unspecified atom stereocenters. The van der Waals surface area contributed by atoms with Gasteiger partial charge in [0.25, 0.3) is 5.91 Å². The van der Waals surface area contributed by atoms with E-state index in [9.17, 15) is 13.2 Å². The van der Waals surface area contributed by atoms with Crippen LogP contribution in [0.15, 0.2) is 97.2 Å². The van der Waals surface area contributed by atoms with Crippen LogP contribution in [0.25, 0.3) is 28.1 Å². The third kappa shape index (κ3) is 6.31. The molecule has 1 aromatic heterocycles. The second-order valence-corrected chi connectivity index (χ2v) is 12.8. The monoisotopic (exact) mass is 646 g/mol. The molecule has 1 aliphatic rings. The fourth-order valence-corrected chi connectivity index (χ4v) is 6.69. The number of halogens is 2. The summed E-state index contributed by atoms with van der Waals surface area (Å²) in [6.07, 6.45) is 3.36. The van der Waals surface area contributed by atoms with Crippen molar-refractivity contribution >= 4 is 45.0 Å². The van der Waals surface area contributed by atoms with Gasteiger partial charge in [-0.05, 0) is 77.7 Å². The lowest BCUT2D eigenvalue weighted by Gasteiger charge is -2.15. The van der Waals surface area contributed by atoms with E-state index in [1.807, 2.05) is 39.8 Å². The molecule has 0 saturated carbocycles. The first kappa shape index (κ1) is 29.7. The lowest BCUT2D eigenvalue weighted by Crippen LogP contribution is -2.29. The van der Waals surface area contributed by atoms with Crippen LogP contribution in [0.4, 0.5) is 5.69 Å². The summed E-state index contributed by atoms with van der Waals surface area (Å²) in [5.41, 5.74) is 5.76. The first-order chi connectivity index (χ1) is 21.2. The molecule has 6 rings (SSSR count). The zero-order chi connectivity index (χ0) is 30.8. The normalized spacial score (nSPS) is 14.1. The number of aromatic nitrogens is 2. The average molecular weight is 648 g/mol. The van der Waals surface area contributed by atoms with E-state index in [-0.39, 0.29) is 6.54 Å². The zero-order valence-corrected chi connectivity index (χ0v) is 26.0. The summed E-state index contributed by atoms with van der Waals surface area (Å²) < 4.78 is 35.4. The van der Waals surface area contributed by atoms with Gasteiger partial charge in [-0.25, -0.2) is 14.0 Å². The van der Waals surface area contributed by atoms with Gasteiger partial charge in [0.1, 0.15) is 18.1 Å². The molecular formula is C33H28Cl2N4O4S. The van der Waals surface area contributed by atoms with Gasteiger partial charge in [0.05, 0.1) is 23.0 Å². The van der Waals surface area contributed by atoms with E-state index >= 15 is 0 Å². The van der Waals surface area contributed by atoms with Crippen LogP contribution in [0, 0.1) is 0 Å². The molecule has 0 aliphatic carbocycles. The summed E-state index contributed by atoms with van der Waals surface area (Å²) in [6, 6.07) is 28.6. The van der Waals surface area contributed by atoms with Crippen LogP contribution in [0.5, 0.6) is 5.75 Å². The maximum absolute atomic E-state index is 12.3. The molecule has 1 N–H and O–H groups in total. The highest BCUT2D eigenvalue weighted by Crippen LogP contribution is 2.32. The van der Waals surface area contributed by atoms with Gasteiger partial charge in [-0.15, -0.1) is 0 Å². The second-order valence-electron chi connectivity index (χ2n) is 10.3. The lowest BCUT2D eigenvalue weighted by molar-refractivity contribution is -0.117. The highest BCUT2D eigenvalue weighted by atomic mass is 35.5. The highest BCUT2D eigenvalue weighted by Gasteiger charge is 2.33. The van der Waals surface area contributed by atoms with E-state index in [1.165, 1.54) is 0 Å². The third-order valence-electron chi connectivity index (χ3n) is 7.18. The van der Waals surface area contributed by atoms with Gasteiger partial charge in [0.15, 0.2) is 0 Å². The minimum atomic E-state index is -3.90. The minimum Gasteiger partial charge on any atom is -0.494 e. The molecule has 44 heavy (non-hydrogen) atoms. The fourth-order valence-electron chi connectivity index (χ4n) is 5.03. The quantitative estimate of drug-likeness (QED) is 0.185. The van der Waals surface area contributed by atoms with Crippen molar-refractivity contribution in [2.75, 3.05) is 17.5 Å². The number of hydrogen-bond acceptors (Lipinski definition) is 5. The molecule has 0 radical (unpaired) electrons. The number of carbonyl (C=O) groups excluding carboxylic acids is 1. The summed E-state index contributed by atoms with van der Waals surface area (Å²) >= 11 is 12.7. The van der Waals surface area contributed by atoms with Crippen LogP contribution in [-0.2, 0) is 21.4 Å². The summed E-state index contributed by atoms with van der Waals surface area (Å²) in [7, 11) is -3.90. The second kappa shape index (κ2) is 12.4. The number of ether oxygens (including phenoxy) is 1. The topological polar surface area (TPSA) is 93.5 Å². The average Bonchev–Trinajstić information content (AvgIpc) is 3.55. The molecule has 8 nitrogen and oxygen atoms in total. The Morgan fingerprint density at radius 1 is 0.909 bits per heavy atom. The molecular weight excluding hydrogens is 619 g/mol. The van der Waals surface area contributed by atoms with Crippen LogP contribution in [0.2, 0.25) is 10.0 Å². The van der Waals surface area contributed by atoms with E-state index in [4.69, 9.17) is 32.9 Å². The van der Waals surface area contributed by atoms with E-state index in [2.05, 4.69) is 37.3 Å². The molecule has 0 spiro atoms. The zero-order valence-electron chi connectivity index (χ0n) is 23.7. The van der Waals surface area contributed by atoms with Crippen molar-refractivity contribution < 1.29 is 17.9 Å². The third-order valence-corrected chi connectivity index (χ3v) is 9.13. The van der Waals surface area contributed by atoms with Crippen LogP contribution in [0.1, 0.15) is 24.7 Å². The molecule has 1 fully saturated rings. The van der Waals surface area contributed by atoms with Gasteiger partial charge in [-0.1, -0.05) is 66.5 Å². The first-order valence-corrected chi connectivity index (χ1v) is 16.2. The number of amides is 1. The predicted octanol–water partition coefficient (Wildman–Crippen LogP) is 7.07. The molecule has 224 valence electrons. The Kier molecular flexibility index (Phi) is 8.35. The molecule has 4 aromatic carbocycles. The summed E-state index contributed by atoms with van der Waals surface area (Å²) in [6.45, 7) is 2.50. The Bertz CT molecular complexity index is 1940. The van der Waals surface area contributed by atoms with Gasteiger partial charge < -0.3 is 9.30 Å². The Morgan fingerprint density at radius 3 is 2.34 bits per heavy atom. The van der Waals surface area contributed by atoms with Crippen molar-refractivity contribution in [2.45, 2.75) is 19.8 Å². The van der Waals surface area contributed by atoms with E-state index in [1.54, 1.807) is 36.4 Å². The summed E-state index contributed by atoms with van der Waals surface area (Å²) in [5, 5.41) is 1.01. The van der Waals surface area contributed by atoms with Crippen molar-refractivity contribution in [3.63, 3.8) is 0 Å². The van der Waals surface area contributed by atoms with Gasteiger partial charge in [-0.2, -0.15) is 8.42 Å². The Morgan fingerprint density at radius 2 is 1.66 bits per heavy atom. The van der Waals surface area contributed by atoms with Crippen molar-refractivity contribution in [2.24, 2.45) is 0 Å². The van der Waals surface area contributed by atoms with E-state index < -0.39 is 16.1 Å². The standard InChI is InChI=1S/C33H28Cl2N4O4S/c1-2-16-43-28-5-3-4-24(18-28)23-8-6-22(7-9-23)17-32-36-31(29-15-10-25(34)19-30(29)35)20-38(32)26-11-13-27(14-12-26)39-21-33(40)37-44(39,41)42/h3-15,18-20H,2,16-17,21H2,1H3,(H,37,40). The Hall–Kier alpha value is -4.31. The van der Waals surface area contributed by atoms with Gasteiger partial charge in [-0.3, -0.25) is 4.79 Å². The van der Waals surface area contributed by atoms with Crippen molar-refractivity contribution in [1.29, 1.82) is 0 Å². The number of rotatable bonds is 9. The molecule has 0 bridgehead atoms. The van der Waals surface area contributed by atoms with Gasteiger partial charge in [0.2, 0.25) is 0 Å². The van der Waals surface area contributed by atoms with Crippen LogP contribution in [0.3, 0.4) is 0 Å². The maximum atomic E-state index is 12.3. The van der Waals surface area contributed by atoms with Crippen molar-refractivity contribution in [3.05, 3.63) is 119 Å². The Labute approximate surface area is 266 Å². The molecule has 1 amide bonds. The number of nitrogens with one attached hydrogen (secondary N) is 1. The molecule has 5 aromatic rings. The molecule has 2 heterocycles. The van der Waals surface area contributed by atoms with Crippen LogP contribution >= 0.6 is 23.2 Å². The number of nitrogens with zero attached hydrogens (tertiary/aromatic N) is 3. The predicted molar refractivity (Wildman–Crippen MR) is 174 cm³/mol. The van der Waals surface area contributed by atoms with Crippen molar-refractivity contribution in [1.82, 2.24) is 14.3 Å². The number of benzene rings is 4. The molecule has 0 atom stereocenters. The molecule has 1 aliphatic heterocycles. The number of imidazole rings is 1. The van der Waals surface area contributed by atoms with E-state index in [0.717, 1.165) is 50.2 Å². The fraction of sp³-hybridized carbons (Fsp3) is 0.152. The molecule has 11 heteroatoms. The summed E-state index contributed by atoms with van der Waals surface area (Å²) in [5.74, 6) is 1.03. The number of hydrogen-bond donors (Lipinski definition) is 1. The van der Waals surface area contributed by atoms with Crippen LogP contribution in [-0.4, -0.2) is 37.0 Å². The van der Waals surface area contributed by atoms with E-state index in [0.29, 0.717) is 34.5 Å². The smallest absolute Gasteiger partial charge is 0.326 e. The van der Waals surface area contributed by atoms with Crippen molar-refractivity contribution in [3.8, 4) is 33.8 Å². The minimum absolute atomic E-state index is 0.261. The molecule has 1 saturated heterocycles. The largest absolute Gasteiger partial charge is 0.494 e.